The number of hydrogen-bond donors (Lipinski definition) is 2. The standard InChI is InChI=1S/C18H14ClF5N4O3/c1-10-8-11(2-7-14(10)28(30)31)9-27-17(29,12-3-5-13(19)6-4-12)25-15(26-27)16(20,21)18(22,23)24/h2-8,29H,9H2,1H3,(H,25,26). The van der Waals surface area contributed by atoms with Crippen molar-refractivity contribution >= 4 is 23.1 Å². The van der Waals surface area contributed by atoms with Crippen LogP contribution in [0, 0.1) is 17.0 Å². The number of aliphatic hydroxyl groups is 1. The van der Waals surface area contributed by atoms with Crippen LogP contribution in [-0.4, -0.2) is 33.0 Å². The van der Waals surface area contributed by atoms with Gasteiger partial charge in [0.25, 0.3) is 11.5 Å². The molecule has 0 aliphatic carbocycles. The summed E-state index contributed by atoms with van der Waals surface area (Å²) in [5, 5.41) is 27.9. The molecule has 7 nitrogen and oxygen atoms in total. The van der Waals surface area contributed by atoms with Gasteiger partial charge in [0.1, 0.15) is 0 Å². The van der Waals surface area contributed by atoms with Gasteiger partial charge in [-0.15, -0.1) is 0 Å². The molecular formula is C18H14ClF5N4O3. The summed E-state index contributed by atoms with van der Waals surface area (Å²) in [6, 6.07) is 8.86. The molecule has 1 aliphatic rings. The molecule has 2 aromatic rings. The first kappa shape index (κ1) is 22.7. The van der Waals surface area contributed by atoms with E-state index in [1.165, 1.54) is 43.3 Å². The van der Waals surface area contributed by atoms with E-state index in [-0.39, 0.29) is 27.4 Å². The van der Waals surface area contributed by atoms with E-state index in [2.05, 4.69) is 5.10 Å². The summed E-state index contributed by atoms with van der Waals surface area (Å²) in [5.74, 6) is -9.73. The van der Waals surface area contributed by atoms with Gasteiger partial charge in [0.05, 0.1) is 11.5 Å². The third-order valence-corrected chi connectivity index (χ3v) is 4.83. The summed E-state index contributed by atoms with van der Waals surface area (Å²) in [6.45, 7) is 0.990. The number of aryl methyl sites for hydroxylation is 1. The lowest BCUT2D eigenvalue weighted by atomic mass is 10.1. The van der Waals surface area contributed by atoms with Crippen molar-refractivity contribution in [3.63, 3.8) is 0 Å². The topological polar surface area (TPSA) is 91.0 Å². The number of hydrazone groups is 1. The Balaban J connectivity index is 2.04. The second-order valence-corrected chi connectivity index (χ2v) is 7.20. The van der Waals surface area contributed by atoms with Gasteiger partial charge in [-0.3, -0.25) is 10.1 Å². The van der Waals surface area contributed by atoms with Crippen LogP contribution in [0.4, 0.5) is 27.6 Å². The summed E-state index contributed by atoms with van der Waals surface area (Å²) in [4.78, 5) is 10.3. The zero-order valence-corrected chi connectivity index (χ0v) is 16.4. The van der Waals surface area contributed by atoms with E-state index in [1.807, 2.05) is 0 Å². The molecule has 0 fully saturated rings. The summed E-state index contributed by atoms with van der Waals surface area (Å²) < 4.78 is 66.5. The number of rotatable bonds is 5. The van der Waals surface area contributed by atoms with Crippen molar-refractivity contribution in [3.05, 3.63) is 74.3 Å². The van der Waals surface area contributed by atoms with E-state index in [4.69, 9.17) is 11.6 Å². The Hall–Kier alpha value is -2.99. The van der Waals surface area contributed by atoms with Crippen LogP contribution in [0.25, 0.3) is 0 Å². The lowest BCUT2D eigenvalue weighted by molar-refractivity contribution is -0.385. The molecule has 0 bridgehead atoms. The monoisotopic (exact) mass is 464 g/mol. The number of amidine groups is 1. The van der Waals surface area contributed by atoms with Crippen LogP contribution in [0.2, 0.25) is 5.02 Å². The van der Waals surface area contributed by atoms with E-state index in [0.717, 1.165) is 6.07 Å². The lowest BCUT2D eigenvalue weighted by Crippen LogP contribution is -2.56. The predicted octanol–water partition coefficient (Wildman–Crippen LogP) is 4.28. The van der Waals surface area contributed by atoms with Crippen LogP contribution in [0.5, 0.6) is 0 Å². The second-order valence-electron chi connectivity index (χ2n) is 6.76. The summed E-state index contributed by atoms with van der Waals surface area (Å²) >= 11 is 5.78. The van der Waals surface area contributed by atoms with Crippen molar-refractivity contribution in [3.8, 4) is 0 Å². The molecule has 1 heterocycles. The first-order valence-electron chi connectivity index (χ1n) is 8.57. The smallest absolute Gasteiger partial charge is 0.349 e. The highest BCUT2D eigenvalue weighted by atomic mass is 35.5. The fourth-order valence-electron chi connectivity index (χ4n) is 2.97. The Kier molecular flexibility index (Phi) is 5.57. The molecule has 166 valence electrons. The van der Waals surface area contributed by atoms with Crippen molar-refractivity contribution in [1.29, 1.82) is 0 Å². The molecule has 0 spiro atoms. The normalized spacial score (nSPS) is 19.2. The molecule has 0 saturated heterocycles. The van der Waals surface area contributed by atoms with Crippen molar-refractivity contribution in [2.45, 2.75) is 31.4 Å². The Labute approximate surface area is 176 Å². The molecule has 13 heteroatoms. The van der Waals surface area contributed by atoms with Gasteiger partial charge in [0, 0.05) is 22.2 Å². The van der Waals surface area contributed by atoms with E-state index in [1.54, 1.807) is 5.32 Å². The van der Waals surface area contributed by atoms with Crippen LogP contribution < -0.4 is 5.32 Å². The van der Waals surface area contributed by atoms with E-state index in [9.17, 15) is 37.2 Å². The zero-order chi connectivity index (χ0) is 23.2. The quantitative estimate of drug-likeness (QED) is 0.392. The number of nitrogens with zero attached hydrogens (tertiary/aromatic N) is 3. The highest BCUT2D eigenvalue weighted by Crippen LogP contribution is 2.40. The average Bonchev–Trinajstić information content (AvgIpc) is 2.99. The average molecular weight is 465 g/mol. The van der Waals surface area contributed by atoms with E-state index >= 15 is 0 Å². The van der Waals surface area contributed by atoms with Crippen LogP contribution in [-0.2, 0) is 12.4 Å². The molecule has 0 aromatic heterocycles. The van der Waals surface area contributed by atoms with Gasteiger partial charge >= 0.3 is 12.1 Å². The molecule has 2 aromatic carbocycles. The van der Waals surface area contributed by atoms with E-state index < -0.39 is 35.3 Å². The first-order chi connectivity index (χ1) is 14.3. The maximum atomic E-state index is 13.9. The molecule has 2 N–H and O–H groups in total. The summed E-state index contributed by atoms with van der Waals surface area (Å²) in [7, 11) is 0. The Morgan fingerprint density at radius 3 is 2.32 bits per heavy atom. The van der Waals surface area contributed by atoms with Crippen molar-refractivity contribution < 1.29 is 32.0 Å². The zero-order valence-electron chi connectivity index (χ0n) is 15.6. The fourth-order valence-corrected chi connectivity index (χ4v) is 3.10. The van der Waals surface area contributed by atoms with Crippen molar-refractivity contribution in [2.24, 2.45) is 5.10 Å². The molecule has 3 rings (SSSR count). The number of nitro groups is 1. The largest absolute Gasteiger partial charge is 0.461 e. The molecule has 0 saturated carbocycles. The van der Waals surface area contributed by atoms with Crippen LogP contribution in [0.15, 0.2) is 47.6 Å². The molecule has 1 atom stereocenters. The Bertz CT molecular complexity index is 1050. The van der Waals surface area contributed by atoms with Gasteiger partial charge < -0.3 is 10.4 Å². The summed E-state index contributed by atoms with van der Waals surface area (Å²) in [5.41, 5.74) is 0.198. The van der Waals surface area contributed by atoms with Crippen LogP contribution in [0.1, 0.15) is 16.7 Å². The molecule has 1 aliphatic heterocycles. The van der Waals surface area contributed by atoms with Gasteiger partial charge in [-0.2, -0.15) is 27.1 Å². The van der Waals surface area contributed by atoms with Gasteiger partial charge in [0.15, 0.2) is 0 Å². The highest BCUT2D eigenvalue weighted by molar-refractivity contribution is 6.30. The number of alkyl halides is 5. The maximum absolute atomic E-state index is 13.9. The fraction of sp³-hybridized carbons (Fsp3) is 0.278. The minimum absolute atomic E-state index is 0.104. The van der Waals surface area contributed by atoms with Crippen LogP contribution >= 0.6 is 11.6 Å². The number of nitro benzene ring substituents is 1. The number of benzene rings is 2. The number of hydrogen-bond acceptors (Lipinski definition) is 6. The SMILES string of the molecule is Cc1cc(CN2N=C(C(F)(F)C(F)(F)F)NC2(O)c2ccc(Cl)cc2)ccc1[N+](=O)[O-]. The van der Waals surface area contributed by atoms with Crippen molar-refractivity contribution in [1.82, 2.24) is 10.3 Å². The first-order valence-corrected chi connectivity index (χ1v) is 8.95. The minimum atomic E-state index is -5.96. The second kappa shape index (κ2) is 7.61. The molecular weight excluding hydrogens is 451 g/mol. The maximum Gasteiger partial charge on any atom is 0.461 e. The van der Waals surface area contributed by atoms with Gasteiger partial charge in [-0.05, 0) is 30.7 Å². The third-order valence-electron chi connectivity index (χ3n) is 4.58. The van der Waals surface area contributed by atoms with E-state index in [0.29, 0.717) is 5.01 Å². The minimum Gasteiger partial charge on any atom is -0.349 e. The molecule has 1 unspecified atom stereocenters. The summed E-state index contributed by atoms with van der Waals surface area (Å²) in [6.07, 6.45) is -5.96. The Morgan fingerprint density at radius 1 is 1.19 bits per heavy atom. The van der Waals surface area contributed by atoms with Gasteiger partial charge in [-0.1, -0.05) is 29.8 Å². The lowest BCUT2D eigenvalue weighted by Gasteiger charge is -2.33. The van der Waals surface area contributed by atoms with Gasteiger partial charge in [0.2, 0.25) is 5.84 Å². The van der Waals surface area contributed by atoms with Crippen LogP contribution in [0.3, 0.4) is 0 Å². The van der Waals surface area contributed by atoms with Gasteiger partial charge in [-0.25, -0.2) is 5.01 Å². The third kappa shape index (κ3) is 4.12. The highest BCUT2D eigenvalue weighted by Gasteiger charge is 2.65. The molecule has 0 radical (unpaired) electrons. The predicted molar refractivity (Wildman–Crippen MR) is 100 cm³/mol. The number of halogens is 6. The molecule has 0 amide bonds. The van der Waals surface area contributed by atoms with Crippen molar-refractivity contribution in [2.75, 3.05) is 0 Å². The number of nitrogens with one attached hydrogen (secondary N) is 1. The molecule has 31 heavy (non-hydrogen) atoms. The Morgan fingerprint density at radius 2 is 1.81 bits per heavy atom.